The smallest absolute Gasteiger partial charge is 0.215 e. The van der Waals surface area contributed by atoms with Crippen LogP contribution in [-0.2, 0) is 0 Å². The molecule has 0 unspecified atom stereocenters. The zero-order chi connectivity index (χ0) is 8.27. The van der Waals surface area contributed by atoms with Crippen LogP contribution in [0, 0.1) is 6.92 Å². The molecular weight excluding hydrogens is 178 g/mol. The summed E-state index contributed by atoms with van der Waals surface area (Å²) in [4.78, 5) is 5.11. The molecule has 0 spiro atoms. The average Bonchev–Trinajstić information content (AvgIpc) is 2.04. The van der Waals surface area contributed by atoms with Gasteiger partial charge in [-0.15, -0.1) is 11.7 Å². The Bertz CT molecular complexity index is 252. The molecule has 60 valence electrons. The summed E-state index contributed by atoms with van der Waals surface area (Å²) in [6.07, 6.45) is 1.74. The number of aromatic nitrogens is 1. The van der Waals surface area contributed by atoms with E-state index in [9.17, 15) is 0 Å². The van der Waals surface area contributed by atoms with E-state index in [0.29, 0.717) is 5.88 Å². The number of aryl methyl sites for hydroxylation is 1. The summed E-state index contributed by atoms with van der Waals surface area (Å²) in [6, 6.07) is 1.99. The van der Waals surface area contributed by atoms with E-state index in [4.69, 9.17) is 4.74 Å². The van der Waals surface area contributed by atoms with Crippen LogP contribution in [-0.4, -0.2) is 12.1 Å². The first-order chi connectivity index (χ1) is 5.27. The molecule has 0 saturated heterocycles. The van der Waals surface area contributed by atoms with Crippen molar-refractivity contribution in [1.29, 1.82) is 0 Å². The predicted molar refractivity (Wildman–Crippen MR) is 50.4 cm³/mol. The molecule has 0 N–H and O–H groups in total. The Morgan fingerprint density at radius 3 is 2.82 bits per heavy atom. The van der Waals surface area contributed by atoms with Crippen molar-refractivity contribution in [3.63, 3.8) is 0 Å². The van der Waals surface area contributed by atoms with E-state index in [1.54, 1.807) is 13.3 Å². The molecule has 1 aromatic heterocycles. The second kappa shape index (κ2) is 3.88. The van der Waals surface area contributed by atoms with Crippen LogP contribution in [0.2, 0.25) is 0 Å². The van der Waals surface area contributed by atoms with E-state index < -0.39 is 0 Å². The van der Waals surface area contributed by atoms with Gasteiger partial charge < -0.3 is 4.74 Å². The summed E-state index contributed by atoms with van der Waals surface area (Å²) in [5, 5.41) is 0. The first kappa shape index (κ1) is 8.74. The van der Waals surface area contributed by atoms with Crippen molar-refractivity contribution in [2.75, 3.05) is 7.11 Å². The second-order valence-electron chi connectivity index (χ2n) is 2.09. The summed E-state index contributed by atoms with van der Waals surface area (Å²) in [7, 11) is 2.99. The Labute approximate surface area is 75.2 Å². The van der Waals surface area contributed by atoms with E-state index in [0.717, 1.165) is 10.5 Å². The van der Waals surface area contributed by atoms with E-state index in [1.807, 2.05) is 13.0 Å². The summed E-state index contributed by atoms with van der Waals surface area (Å²) in [5.41, 5.74) is 1.03. The Morgan fingerprint density at radius 1 is 1.64 bits per heavy atom. The van der Waals surface area contributed by atoms with E-state index in [2.05, 4.69) is 16.6 Å². The number of rotatable bonds is 2. The summed E-state index contributed by atoms with van der Waals surface area (Å²) >= 11 is 4.06. The lowest BCUT2D eigenvalue weighted by Gasteiger charge is -2.02. The largest absolute Gasteiger partial charge is 0.481 e. The van der Waals surface area contributed by atoms with Crippen LogP contribution in [0.4, 0.5) is 0 Å². The van der Waals surface area contributed by atoms with E-state index in [-0.39, 0.29) is 0 Å². The Morgan fingerprint density at radius 2 is 2.36 bits per heavy atom. The highest BCUT2D eigenvalue weighted by Gasteiger charge is 1.99. The lowest BCUT2D eigenvalue weighted by molar-refractivity contribution is 0.394. The van der Waals surface area contributed by atoms with Crippen molar-refractivity contribution in [3.05, 3.63) is 17.8 Å². The molecule has 0 amide bonds. The van der Waals surface area contributed by atoms with Gasteiger partial charge in [-0.3, -0.25) is 0 Å². The molecule has 0 aromatic carbocycles. The first-order valence-corrected chi connectivity index (χ1v) is 4.97. The quantitative estimate of drug-likeness (QED) is 0.567. The normalized spacial score (nSPS) is 9.73. The van der Waals surface area contributed by atoms with Gasteiger partial charge in [-0.2, -0.15) is 0 Å². The molecule has 0 saturated carbocycles. The van der Waals surface area contributed by atoms with Gasteiger partial charge in [-0.05, 0) is 13.0 Å². The Balaban J connectivity index is 2.99. The van der Waals surface area contributed by atoms with Crippen LogP contribution in [0.1, 0.15) is 5.56 Å². The zero-order valence-corrected chi connectivity index (χ0v) is 8.08. The first-order valence-electron chi connectivity index (χ1n) is 3.10. The zero-order valence-electron chi connectivity index (χ0n) is 6.37. The third-order valence-corrected chi connectivity index (χ3v) is 2.37. The molecule has 0 radical (unpaired) electrons. The number of nitrogens with zero attached hydrogens (tertiary/aromatic N) is 1. The topological polar surface area (TPSA) is 22.1 Å². The van der Waals surface area contributed by atoms with Gasteiger partial charge in [0, 0.05) is 16.7 Å². The van der Waals surface area contributed by atoms with Crippen LogP contribution in [0.3, 0.4) is 0 Å². The van der Waals surface area contributed by atoms with Crippen LogP contribution in [0.15, 0.2) is 17.2 Å². The fraction of sp³-hybridized carbons (Fsp3) is 0.286. The highest BCUT2D eigenvalue weighted by atomic mass is 33.1. The summed E-state index contributed by atoms with van der Waals surface area (Å²) < 4.78 is 5.00. The van der Waals surface area contributed by atoms with Crippen LogP contribution in [0.25, 0.3) is 0 Å². The molecule has 0 aliphatic carbocycles. The maximum atomic E-state index is 5.00. The van der Waals surface area contributed by atoms with Crippen LogP contribution in [0.5, 0.6) is 5.88 Å². The van der Waals surface area contributed by atoms with Gasteiger partial charge in [0.15, 0.2) is 0 Å². The molecular formula is C7H9NOS2. The fourth-order valence-corrected chi connectivity index (χ4v) is 1.43. The number of methoxy groups -OCH3 is 1. The standard InChI is InChI=1S/C7H9NOS2/c1-5-3-6(11-10)4-8-7(5)9-2/h3-4,10H,1-2H3. The molecule has 0 aliphatic rings. The number of ether oxygens (including phenoxy) is 1. The third-order valence-electron chi connectivity index (χ3n) is 1.30. The molecule has 4 heteroatoms. The summed E-state index contributed by atoms with van der Waals surface area (Å²) in [5.74, 6) is 0.677. The van der Waals surface area contributed by atoms with Crippen molar-refractivity contribution in [2.45, 2.75) is 11.8 Å². The number of hydrogen-bond acceptors (Lipinski definition) is 4. The van der Waals surface area contributed by atoms with Crippen molar-refractivity contribution < 1.29 is 4.74 Å². The highest BCUT2D eigenvalue weighted by molar-refractivity contribution is 8.68. The summed E-state index contributed by atoms with van der Waals surface area (Å²) in [6.45, 7) is 1.96. The van der Waals surface area contributed by atoms with Crippen molar-refractivity contribution in [2.24, 2.45) is 0 Å². The number of hydrogen-bond donors (Lipinski definition) is 1. The lowest BCUT2D eigenvalue weighted by Crippen LogP contribution is -1.90. The van der Waals surface area contributed by atoms with Crippen LogP contribution < -0.4 is 4.74 Å². The van der Waals surface area contributed by atoms with Gasteiger partial charge in [0.05, 0.1) is 7.11 Å². The minimum atomic E-state index is 0.677. The SMILES string of the molecule is COc1ncc(SS)cc1C. The van der Waals surface area contributed by atoms with Gasteiger partial charge >= 0.3 is 0 Å². The van der Waals surface area contributed by atoms with Crippen molar-refractivity contribution >= 4 is 22.5 Å². The monoisotopic (exact) mass is 187 g/mol. The molecule has 11 heavy (non-hydrogen) atoms. The molecule has 0 aliphatic heterocycles. The minimum absolute atomic E-state index is 0.677. The number of pyridine rings is 1. The van der Waals surface area contributed by atoms with E-state index in [1.165, 1.54) is 10.8 Å². The lowest BCUT2D eigenvalue weighted by atomic mass is 10.3. The molecule has 1 rings (SSSR count). The average molecular weight is 187 g/mol. The van der Waals surface area contributed by atoms with Gasteiger partial charge in [0.1, 0.15) is 0 Å². The Hall–Kier alpha value is -0.350. The van der Waals surface area contributed by atoms with E-state index >= 15 is 0 Å². The molecule has 0 atom stereocenters. The maximum absolute atomic E-state index is 5.00. The maximum Gasteiger partial charge on any atom is 0.215 e. The van der Waals surface area contributed by atoms with Gasteiger partial charge in [-0.1, -0.05) is 10.8 Å². The van der Waals surface area contributed by atoms with Gasteiger partial charge in [-0.25, -0.2) is 4.98 Å². The van der Waals surface area contributed by atoms with Gasteiger partial charge in [0.25, 0.3) is 0 Å². The van der Waals surface area contributed by atoms with Crippen LogP contribution >= 0.6 is 22.5 Å². The molecule has 1 heterocycles. The highest BCUT2D eigenvalue weighted by Crippen LogP contribution is 2.24. The Kier molecular flexibility index (Phi) is 3.08. The fourth-order valence-electron chi connectivity index (χ4n) is 0.800. The minimum Gasteiger partial charge on any atom is -0.481 e. The van der Waals surface area contributed by atoms with Crippen molar-refractivity contribution in [1.82, 2.24) is 4.98 Å². The molecule has 0 bridgehead atoms. The predicted octanol–water partition coefficient (Wildman–Crippen LogP) is 2.34. The molecule has 2 nitrogen and oxygen atoms in total. The van der Waals surface area contributed by atoms with Crippen molar-refractivity contribution in [3.8, 4) is 5.88 Å². The number of thiol groups is 1. The van der Waals surface area contributed by atoms with Gasteiger partial charge in [0.2, 0.25) is 5.88 Å². The third kappa shape index (κ3) is 2.04. The molecule has 0 fully saturated rings. The molecule has 1 aromatic rings. The second-order valence-corrected chi connectivity index (χ2v) is 3.29.